The van der Waals surface area contributed by atoms with E-state index in [1.807, 2.05) is 48.5 Å². The Morgan fingerprint density at radius 2 is 1.96 bits per heavy atom. The van der Waals surface area contributed by atoms with Gasteiger partial charge in [-0.1, -0.05) is 61.2 Å². The molecule has 2 atom stereocenters. The molecule has 2 aromatic rings. The van der Waals surface area contributed by atoms with Gasteiger partial charge in [-0.3, -0.25) is 9.79 Å². The average molecular weight is 364 g/mol. The van der Waals surface area contributed by atoms with Crippen LogP contribution in [-0.4, -0.2) is 34.9 Å². The summed E-state index contributed by atoms with van der Waals surface area (Å²) in [5, 5.41) is 9.64. The van der Waals surface area contributed by atoms with E-state index in [9.17, 15) is 4.79 Å². The fourth-order valence-electron chi connectivity index (χ4n) is 3.03. The number of aliphatic imine (C=N–C) groups is 1. The molecule has 1 N–H and O–H groups in total. The molecule has 132 valence electrons. The zero-order chi connectivity index (χ0) is 17.9. The van der Waals surface area contributed by atoms with Crippen LogP contribution in [-0.2, 0) is 4.79 Å². The molecule has 2 aromatic carbocycles. The Morgan fingerprint density at radius 1 is 1.19 bits per heavy atom. The standard InChI is InChI=1S/C20H20N4OS/c1-2-12-21-13-15-18(14-8-4-3-5-9-14)23-24(19(15)25)20-22-16-10-6-7-11-17(16)26-20/h3-11,13,15,20,22H,2,12H2,1H3/t15?,20-/m0/s1. The van der Waals surface area contributed by atoms with Gasteiger partial charge in [0.25, 0.3) is 5.91 Å². The van der Waals surface area contributed by atoms with Crippen molar-refractivity contribution in [3.05, 3.63) is 60.2 Å². The van der Waals surface area contributed by atoms with Crippen LogP contribution in [0.25, 0.3) is 0 Å². The summed E-state index contributed by atoms with van der Waals surface area (Å²) >= 11 is 1.61. The van der Waals surface area contributed by atoms with Crippen LogP contribution < -0.4 is 5.32 Å². The second-order valence-electron chi connectivity index (χ2n) is 6.18. The molecule has 0 aromatic heterocycles. The smallest absolute Gasteiger partial charge is 0.260 e. The molecule has 1 amide bonds. The molecule has 0 radical (unpaired) electrons. The van der Waals surface area contributed by atoms with Crippen molar-refractivity contribution in [1.82, 2.24) is 5.01 Å². The lowest BCUT2D eigenvalue weighted by Gasteiger charge is -2.20. The molecule has 5 nitrogen and oxygen atoms in total. The van der Waals surface area contributed by atoms with E-state index in [1.165, 1.54) is 0 Å². The number of amides is 1. The van der Waals surface area contributed by atoms with E-state index in [0.717, 1.165) is 28.3 Å². The Morgan fingerprint density at radius 3 is 2.73 bits per heavy atom. The summed E-state index contributed by atoms with van der Waals surface area (Å²) in [6, 6.07) is 17.9. The number of carbonyl (C=O) groups excluding carboxylic acids is 1. The molecule has 1 unspecified atom stereocenters. The van der Waals surface area contributed by atoms with Crippen LogP contribution in [0.2, 0.25) is 0 Å². The van der Waals surface area contributed by atoms with Crippen LogP contribution in [0.1, 0.15) is 18.9 Å². The number of hydrogen-bond donors (Lipinski definition) is 1. The maximum Gasteiger partial charge on any atom is 0.260 e. The first-order valence-electron chi connectivity index (χ1n) is 8.77. The van der Waals surface area contributed by atoms with Gasteiger partial charge in [-0.25, -0.2) is 0 Å². The number of nitrogens with zero attached hydrogens (tertiary/aromatic N) is 3. The van der Waals surface area contributed by atoms with E-state index >= 15 is 0 Å². The van der Waals surface area contributed by atoms with Crippen LogP contribution in [0, 0.1) is 5.92 Å². The topological polar surface area (TPSA) is 57.1 Å². The lowest BCUT2D eigenvalue weighted by molar-refractivity contribution is -0.130. The molecule has 0 aliphatic carbocycles. The molecule has 0 bridgehead atoms. The van der Waals surface area contributed by atoms with Gasteiger partial charge in [0.2, 0.25) is 0 Å². The molecule has 0 saturated carbocycles. The van der Waals surface area contributed by atoms with Crippen LogP contribution in [0.4, 0.5) is 5.69 Å². The molecule has 2 aliphatic heterocycles. The first-order valence-corrected chi connectivity index (χ1v) is 9.65. The molecule has 4 rings (SSSR count). The average Bonchev–Trinajstić information content (AvgIpc) is 3.24. The van der Waals surface area contributed by atoms with Gasteiger partial charge in [-0.15, -0.1) is 0 Å². The Bertz CT molecular complexity index is 840. The largest absolute Gasteiger partial charge is 0.354 e. The zero-order valence-electron chi connectivity index (χ0n) is 14.5. The van der Waals surface area contributed by atoms with Gasteiger partial charge < -0.3 is 5.32 Å². The Kier molecular flexibility index (Phi) is 4.75. The second-order valence-corrected chi connectivity index (χ2v) is 7.30. The van der Waals surface area contributed by atoms with Gasteiger partial charge in [0.15, 0.2) is 5.50 Å². The molecule has 26 heavy (non-hydrogen) atoms. The summed E-state index contributed by atoms with van der Waals surface area (Å²) in [4.78, 5) is 18.6. The maximum atomic E-state index is 13.1. The third-order valence-corrected chi connectivity index (χ3v) is 5.46. The van der Waals surface area contributed by atoms with Gasteiger partial charge in [0.05, 0.1) is 11.4 Å². The number of rotatable bonds is 5. The van der Waals surface area contributed by atoms with Crippen molar-refractivity contribution in [2.75, 3.05) is 11.9 Å². The van der Waals surface area contributed by atoms with E-state index in [4.69, 9.17) is 5.10 Å². The highest BCUT2D eigenvalue weighted by molar-refractivity contribution is 8.00. The summed E-state index contributed by atoms with van der Waals surface area (Å²) in [5.74, 6) is -0.475. The minimum atomic E-state index is -0.435. The fourth-order valence-corrected chi connectivity index (χ4v) is 4.12. The van der Waals surface area contributed by atoms with Crippen molar-refractivity contribution in [3.8, 4) is 0 Å². The summed E-state index contributed by atoms with van der Waals surface area (Å²) in [5.41, 5.74) is 2.52. The number of hydrazone groups is 1. The highest BCUT2D eigenvalue weighted by Crippen LogP contribution is 2.41. The van der Waals surface area contributed by atoms with Crippen LogP contribution in [0.5, 0.6) is 0 Å². The number of fused-ring (bicyclic) bond motifs is 1. The van der Waals surface area contributed by atoms with Gasteiger partial charge in [0.1, 0.15) is 5.92 Å². The van der Waals surface area contributed by atoms with Crippen molar-refractivity contribution >= 4 is 35.3 Å². The zero-order valence-corrected chi connectivity index (χ0v) is 15.3. The number of benzene rings is 2. The monoisotopic (exact) mass is 364 g/mol. The molecule has 0 fully saturated rings. The van der Waals surface area contributed by atoms with Gasteiger partial charge in [-0.05, 0) is 24.1 Å². The lowest BCUT2D eigenvalue weighted by Crippen LogP contribution is -2.37. The first-order chi connectivity index (χ1) is 12.8. The number of hydrogen-bond acceptors (Lipinski definition) is 5. The van der Waals surface area contributed by atoms with E-state index in [1.54, 1.807) is 23.0 Å². The molecule has 2 heterocycles. The predicted octanol–water partition coefficient (Wildman–Crippen LogP) is 3.83. The Hall–Kier alpha value is -2.60. The number of thioether (sulfide) groups is 1. The van der Waals surface area contributed by atoms with Crippen molar-refractivity contribution in [2.24, 2.45) is 16.0 Å². The van der Waals surface area contributed by atoms with Crippen LogP contribution in [0.15, 0.2) is 69.6 Å². The summed E-state index contributed by atoms with van der Waals surface area (Å²) < 4.78 is 0. The molecule has 6 heteroatoms. The molecule has 0 saturated heterocycles. The quantitative estimate of drug-likeness (QED) is 0.821. The SMILES string of the molecule is CCCN=CC1C(=O)N([C@@H]2Nc3ccccc3S2)N=C1c1ccccc1. The number of anilines is 1. The molecule has 2 aliphatic rings. The first kappa shape index (κ1) is 16.8. The van der Waals surface area contributed by atoms with Crippen molar-refractivity contribution in [2.45, 2.75) is 23.7 Å². The maximum absolute atomic E-state index is 13.1. The molecular formula is C20H20N4OS. The van der Waals surface area contributed by atoms with Crippen LogP contribution in [0.3, 0.4) is 0 Å². The number of carbonyl (C=O) groups is 1. The summed E-state index contributed by atoms with van der Waals surface area (Å²) in [6.45, 7) is 2.79. The van der Waals surface area contributed by atoms with Crippen molar-refractivity contribution < 1.29 is 4.79 Å². The fraction of sp³-hybridized carbons (Fsp3) is 0.250. The van der Waals surface area contributed by atoms with E-state index in [-0.39, 0.29) is 11.4 Å². The minimum Gasteiger partial charge on any atom is -0.354 e. The van der Waals surface area contributed by atoms with Crippen molar-refractivity contribution in [3.63, 3.8) is 0 Å². The van der Waals surface area contributed by atoms with E-state index in [0.29, 0.717) is 6.54 Å². The number of para-hydroxylation sites is 1. The predicted molar refractivity (Wildman–Crippen MR) is 107 cm³/mol. The highest BCUT2D eigenvalue weighted by Gasteiger charge is 2.41. The van der Waals surface area contributed by atoms with Crippen LogP contribution >= 0.6 is 11.8 Å². The van der Waals surface area contributed by atoms with Gasteiger partial charge >= 0.3 is 0 Å². The summed E-state index contributed by atoms with van der Waals surface area (Å²) in [6.07, 6.45) is 2.71. The third kappa shape index (κ3) is 3.12. The van der Waals surface area contributed by atoms with Gasteiger partial charge in [0, 0.05) is 17.7 Å². The molecule has 0 spiro atoms. The highest BCUT2D eigenvalue weighted by atomic mass is 32.2. The Balaban J connectivity index is 1.64. The third-order valence-electron chi connectivity index (χ3n) is 4.31. The van der Waals surface area contributed by atoms with E-state index in [2.05, 4.69) is 23.3 Å². The second kappa shape index (κ2) is 7.33. The van der Waals surface area contributed by atoms with Gasteiger partial charge in [-0.2, -0.15) is 10.1 Å². The van der Waals surface area contributed by atoms with E-state index < -0.39 is 5.92 Å². The minimum absolute atomic E-state index is 0.0403. The Labute approximate surface area is 157 Å². The number of nitrogens with one attached hydrogen (secondary N) is 1. The van der Waals surface area contributed by atoms with Crippen molar-refractivity contribution in [1.29, 1.82) is 0 Å². The lowest BCUT2D eigenvalue weighted by atomic mass is 9.98. The molecular weight excluding hydrogens is 344 g/mol. The normalized spacial score (nSPS) is 21.8. The summed E-state index contributed by atoms with van der Waals surface area (Å²) in [7, 11) is 0.